The number of aliphatic imine (C=N–C) groups is 1. The summed E-state index contributed by atoms with van der Waals surface area (Å²) in [6, 6.07) is 4.26. The van der Waals surface area contributed by atoms with Crippen molar-refractivity contribution in [1.29, 1.82) is 0 Å². The number of halogens is 3. The van der Waals surface area contributed by atoms with Crippen LogP contribution in [0.15, 0.2) is 45.6 Å². The number of ether oxygens (including phenoxy) is 1. The Bertz CT molecular complexity index is 1030. The summed E-state index contributed by atoms with van der Waals surface area (Å²) < 4.78 is 47.2. The molecule has 0 saturated carbocycles. The van der Waals surface area contributed by atoms with Gasteiger partial charge in [-0.25, -0.2) is 9.79 Å². The van der Waals surface area contributed by atoms with Crippen LogP contribution in [0.1, 0.15) is 43.0 Å². The molecule has 1 N–H and O–H groups in total. The van der Waals surface area contributed by atoms with Crippen molar-refractivity contribution >= 4 is 28.8 Å². The van der Waals surface area contributed by atoms with Crippen molar-refractivity contribution in [2.24, 2.45) is 4.99 Å². The van der Waals surface area contributed by atoms with Crippen molar-refractivity contribution in [2.75, 3.05) is 13.2 Å². The molecule has 0 spiro atoms. The zero-order chi connectivity index (χ0) is 23.6. The van der Waals surface area contributed by atoms with Gasteiger partial charge in [0.25, 0.3) is 0 Å². The van der Waals surface area contributed by atoms with Crippen molar-refractivity contribution in [1.82, 2.24) is 10.2 Å². The number of carbonyl (C=O) groups is 2. The van der Waals surface area contributed by atoms with E-state index in [-0.39, 0.29) is 24.1 Å². The second kappa shape index (κ2) is 9.40. The molecule has 0 radical (unpaired) electrons. The number of nitrogens with zero attached hydrogens (tertiary/aromatic N) is 2. The average Bonchev–Trinajstić information content (AvgIpc) is 3.10. The van der Waals surface area contributed by atoms with E-state index in [0.717, 1.165) is 17.3 Å². The molecule has 2 heterocycles. The van der Waals surface area contributed by atoms with E-state index in [1.807, 2.05) is 13.0 Å². The zero-order valence-corrected chi connectivity index (χ0v) is 19.0. The Morgan fingerprint density at radius 3 is 2.59 bits per heavy atom. The standard InChI is InChI=1S/C22H24F3N3O3S/c1-5-26-16(29)10-14-11-32-21-27-19(22(23,24)25)17(20(30)31-6-2)18(28(14)21)15-9-12(3)7-8-13(15)4/h7-9,11,18H,5-6,10H2,1-4H3,(H,26,29). The Kier molecular flexibility index (Phi) is 7.02. The molecule has 1 amide bonds. The van der Waals surface area contributed by atoms with Gasteiger partial charge in [0.05, 0.1) is 24.6 Å². The first kappa shape index (κ1) is 23.9. The van der Waals surface area contributed by atoms with Gasteiger partial charge in [-0.15, -0.1) is 0 Å². The SMILES string of the molecule is CCNC(=O)CC1=CSC2=NC(C(F)(F)F)=C(C(=O)OCC)C(c3cc(C)ccc3C)N12. The highest BCUT2D eigenvalue weighted by Gasteiger charge is 2.49. The minimum Gasteiger partial charge on any atom is -0.463 e. The quantitative estimate of drug-likeness (QED) is 0.624. The molecular formula is C22H24F3N3O3S. The zero-order valence-electron chi connectivity index (χ0n) is 18.2. The molecule has 1 aromatic rings. The fourth-order valence-corrected chi connectivity index (χ4v) is 4.58. The molecule has 6 nitrogen and oxygen atoms in total. The molecule has 0 aliphatic carbocycles. The number of amides is 1. The van der Waals surface area contributed by atoms with Crippen LogP contribution < -0.4 is 5.32 Å². The van der Waals surface area contributed by atoms with Gasteiger partial charge in [0.15, 0.2) is 10.9 Å². The smallest absolute Gasteiger partial charge is 0.434 e. The fourth-order valence-electron chi connectivity index (χ4n) is 3.66. The van der Waals surface area contributed by atoms with Crippen molar-refractivity contribution in [3.8, 4) is 0 Å². The van der Waals surface area contributed by atoms with E-state index < -0.39 is 29.5 Å². The minimum absolute atomic E-state index is 0.0569. The highest BCUT2D eigenvalue weighted by molar-refractivity contribution is 8.16. The lowest BCUT2D eigenvalue weighted by Gasteiger charge is -2.37. The molecule has 172 valence electrons. The number of allylic oxidation sites excluding steroid dienone is 1. The maximum atomic E-state index is 14.0. The fraction of sp³-hybridized carbons (Fsp3) is 0.409. The minimum atomic E-state index is -4.86. The van der Waals surface area contributed by atoms with Crippen LogP contribution in [0, 0.1) is 13.8 Å². The summed E-state index contributed by atoms with van der Waals surface area (Å²) in [4.78, 5) is 30.5. The number of aryl methyl sites for hydroxylation is 2. The summed E-state index contributed by atoms with van der Waals surface area (Å²) in [7, 11) is 0. The van der Waals surface area contributed by atoms with Gasteiger partial charge in [-0.05, 0) is 44.2 Å². The molecule has 32 heavy (non-hydrogen) atoms. The second-order valence-corrected chi connectivity index (χ2v) is 8.20. The van der Waals surface area contributed by atoms with Gasteiger partial charge in [0, 0.05) is 12.2 Å². The average molecular weight is 468 g/mol. The molecule has 1 atom stereocenters. The third kappa shape index (κ3) is 4.69. The van der Waals surface area contributed by atoms with Crippen LogP contribution in [-0.4, -0.2) is 41.3 Å². The number of benzene rings is 1. The predicted molar refractivity (Wildman–Crippen MR) is 117 cm³/mol. The van der Waals surface area contributed by atoms with Gasteiger partial charge in [-0.2, -0.15) is 13.2 Å². The normalized spacial score (nSPS) is 18.2. The van der Waals surface area contributed by atoms with Crippen LogP contribution in [0.5, 0.6) is 0 Å². The molecule has 1 unspecified atom stereocenters. The summed E-state index contributed by atoms with van der Waals surface area (Å²) in [5.74, 6) is -1.36. The number of hydrogen-bond acceptors (Lipinski definition) is 6. The van der Waals surface area contributed by atoms with Gasteiger partial charge in [0.2, 0.25) is 5.91 Å². The first-order chi connectivity index (χ1) is 15.1. The number of rotatable bonds is 6. The molecule has 0 fully saturated rings. The number of nitrogens with one attached hydrogen (secondary N) is 1. The van der Waals surface area contributed by atoms with E-state index in [0.29, 0.717) is 23.4 Å². The summed E-state index contributed by atoms with van der Waals surface area (Å²) in [5, 5.41) is 4.36. The Labute approximate surface area is 188 Å². The molecule has 0 bridgehead atoms. The number of thioether (sulfide) groups is 1. The van der Waals surface area contributed by atoms with E-state index in [1.165, 1.54) is 6.92 Å². The van der Waals surface area contributed by atoms with Crippen LogP contribution >= 0.6 is 11.8 Å². The van der Waals surface area contributed by atoms with E-state index in [4.69, 9.17) is 4.74 Å². The topological polar surface area (TPSA) is 71.0 Å². The van der Waals surface area contributed by atoms with Crippen molar-refractivity contribution in [3.05, 3.63) is 57.3 Å². The van der Waals surface area contributed by atoms with Gasteiger partial charge < -0.3 is 15.0 Å². The molecule has 0 saturated heterocycles. The third-order valence-corrected chi connectivity index (χ3v) is 5.91. The maximum Gasteiger partial charge on any atom is 0.434 e. The van der Waals surface area contributed by atoms with Crippen LogP contribution in [0.4, 0.5) is 13.2 Å². The van der Waals surface area contributed by atoms with Crippen molar-refractivity contribution in [3.63, 3.8) is 0 Å². The number of alkyl halides is 3. The summed E-state index contributed by atoms with van der Waals surface area (Å²) >= 11 is 0.998. The molecule has 10 heteroatoms. The molecule has 2 aliphatic rings. The lowest BCUT2D eigenvalue weighted by atomic mass is 9.89. The van der Waals surface area contributed by atoms with Gasteiger partial charge in [-0.1, -0.05) is 35.5 Å². The van der Waals surface area contributed by atoms with Crippen LogP contribution in [0.2, 0.25) is 0 Å². The molecule has 2 aliphatic heterocycles. The lowest BCUT2D eigenvalue weighted by molar-refractivity contribution is -0.140. The Hall–Kier alpha value is -2.75. The van der Waals surface area contributed by atoms with Crippen molar-refractivity contribution < 1.29 is 27.5 Å². The Balaban J connectivity index is 2.24. The highest BCUT2D eigenvalue weighted by atomic mass is 32.2. The van der Waals surface area contributed by atoms with E-state index in [2.05, 4.69) is 10.3 Å². The largest absolute Gasteiger partial charge is 0.463 e. The van der Waals surface area contributed by atoms with Crippen molar-refractivity contribution in [2.45, 2.75) is 46.3 Å². The molecule has 3 rings (SSSR count). The van der Waals surface area contributed by atoms with E-state index in [9.17, 15) is 22.8 Å². The predicted octanol–water partition coefficient (Wildman–Crippen LogP) is 4.51. The van der Waals surface area contributed by atoms with Crippen LogP contribution in [-0.2, 0) is 14.3 Å². The van der Waals surface area contributed by atoms with Gasteiger partial charge >= 0.3 is 12.1 Å². The first-order valence-corrected chi connectivity index (χ1v) is 11.0. The number of carbonyl (C=O) groups excluding carboxylic acids is 2. The summed E-state index contributed by atoms with van der Waals surface area (Å²) in [6.45, 7) is 7.24. The monoisotopic (exact) mass is 467 g/mol. The third-order valence-electron chi connectivity index (χ3n) is 5.02. The number of amidine groups is 1. The second-order valence-electron chi connectivity index (χ2n) is 7.36. The number of fused-ring (bicyclic) bond motifs is 1. The maximum absolute atomic E-state index is 14.0. The molecular weight excluding hydrogens is 443 g/mol. The Morgan fingerprint density at radius 1 is 1.25 bits per heavy atom. The highest BCUT2D eigenvalue weighted by Crippen LogP contribution is 2.48. The van der Waals surface area contributed by atoms with Gasteiger partial charge in [-0.3, -0.25) is 4.79 Å². The molecule has 1 aromatic carbocycles. The first-order valence-electron chi connectivity index (χ1n) is 10.1. The number of hydrogen-bond donors (Lipinski definition) is 1. The van der Waals surface area contributed by atoms with Gasteiger partial charge in [0.1, 0.15) is 0 Å². The van der Waals surface area contributed by atoms with Crippen LogP contribution in [0.3, 0.4) is 0 Å². The van der Waals surface area contributed by atoms with E-state index >= 15 is 0 Å². The summed E-state index contributed by atoms with van der Waals surface area (Å²) in [5.41, 5.74) is 0.668. The number of esters is 1. The Morgan fingerprint density at radius 2 is 1.97 bits per heavy atom. The van der Waals surface area contributed by atoms with Crippen LogP contribution in [0.25, 0.3) is 0 Å². The van der Waals surface area contributed by atoms with E-state index in [1.54, 1.807) is 36.3 Å². The lowest BCUT2D eigenvalue weighted by Crippen LogP contribution is -2.40. The summed E-state index contributed by atoms with van der Waals surface area (Å²) in [6.07, 6.45) is -4.92. The molecule has 0 aromatic heterocycles.